The largest absolute Gasteiger partial charge is 0.295 e. The zero-order valence-corrected chi connectivity index (χ0v) is 30.2. The number of hydrogen-bond donors (Lipinski definition) is 0. The van der Waals surface area contributed by atoms with Crippen molar-refractivity contribution in [3.63, 3.8) is 0 Å². The number of hydrogen-bond acceptors (Lipinski definition) is 1. The van der Waals surface area contributed by atoms with Gasteiger partial charge in [0.25, 0.3) is 0 Å². The molecule has 1 aromatic heterocycles. The van der Waals surface area contributed by atoms with Crippen molar-refractivity contribution >= 4 is 32.3 Å². The highest BCUT2D eigenvalue weighted by Crippen LogP contribution is 2.45. The first-order chi connectivity index (χ1) is 26.7. The maximum Gasteiger partial charge on any atom is 0.124 e. The molecule has 0 amide bonds. The fourth-order valence-electron chi connectivity index (χ4n) is 8.48. The molecule has 0 bridgehead atoms. The Morgan fingerprint density at radius 1 is 0.481 bits per heavy atom. The van der Waals surface area contributed by atoms with Crippen LogP contribution < -0.4 is 0 Å². The molecule has 1 unspecified atom stereocenters. The standard InChI is InChI=1S/C52H38N2/c1-52(33-15-4-16-34-52)51-53-49(38-18-5-2-6-19-38)50(39-20-7-3-8-21-39)54(51)42-31-29-37(30-32-42)47-43-23-11-13-25-45(43)48(46-26-14-12-24-44(46)47)41-28-27-36-17-9-10-22-40(36)35-41/h2-33,35H,34H2,1H3. The van der Waals surface area contributed by atoms with Gasteiger partial charge in [0.05, 0.1) is 11.4 Å². The average molecular weight is 691 g/mol. The van der Waals surface area contributed by atoms with Gasteiger partial charge in [-0.05, 0) is 86.1 Å². The van der Waals surface area contributed by atoms with Gasteiger partial charge in [-0.1, -0.05) is 182 Å². The van der Waals surface area contributed by atoms with Crippen LogP contribution in [0.3, 0.4) is 0 Å². The molecule has 0 aliphatic heterocycles. The highest BCUT2D eigenvalue weighted by Gasteiger charge is 2.33. The third kappa shape index (κ3) is 5.30. The van der Waals surface area contributed by atoms with E-state index in [1.54, 1.807) is 0 Å². The summed E-state index contributed by atoms with van der Waals surface area (Å²) in [5.41, 5.74) is 10.1. The highest BCUT2D eigenvalue weighted by atomic mass is 15.1. The Hall–Kier alpha value is -6.77. The van der Waals surface area contributed by atoms with E-state index in [1.807, 2.05) is 0 Å². The molecule has 54 heavy (non-hydrogen) atoms. The maximum absolute atomic E-state index is 5.53. The molecule has 2 nitrogen and oxygen atoms in total. The van der Waals surface area contributed by atoms with Crippen LogP contribution in [0.15, 0.2) is 200 Å². The van der Waals surface area contributed by atoms with Crippen LogP contribution in [0.2, 0.25) is 0 Å². The summed E-state index contributed by atoms with van der Waals surface area (Å²) in [4.78, 5) is 5.53. The topological polar surface area (TPSA) is 17.8 Å². The van der Waals surface area contributed by atoms with Crippen molar-refractivity contribution < 1.29 is 0 Å². The molecule has 1 atom stereocenters. The van der Waals surface area contributed by atoms with Gasteiger partial charge < -0.3 is 0 Å². The van der Waals surface area contributed by atoms with Crippen LogP contribution >= 0.6 is 0 Å². The number of imidazole rings is 1. The minimum absolute atomic E-state index is 0.283. The number of aromatic nitrogens is 2. The first-order valence-corrected chi connectivity index (χ1v) is 18.8. The molecule has 256 valence electrons. The molecule has 8 aromatic carbocycles. The number of benzene rings is 8. The van der Waals surface area contributed by atoms with Crippen molar-refractivity contribution in [3.8, 4) is 50.5 Å². The fraction of sp³-hybridized carbons (Fsp3) is 0.0577. The van der Waals surface area contributed by atoms with Gasteiger partial charge in [-0.2, -0.15) is 0 Å². The number of rotatable bonds is 6. The molecule has 0 radical (unpaired) electrons. The zero-order chi connectivity index (χ0) is 36.1. The molecule has 1 heterocycles. The molecule has 0 N–H and O–H groups in total. The SMILES string of the molecule is CC1(c2nc(-c3ccccc3)c(-c3ccccc3)n2-c2ccc(-c3c4ccccc4c(-c4ccc5ccccc5c4)c4ccccc34)cc2)C=CC=CC1. The van der Waals surface area contributed by atoms with E-state index in [0.29, 0.717) is 0 Å². The lowest BCUT2D eigenvalue weighted by Gasteiger charge is -2.27. The normalized spacial score (nSPS) is 15.4. The van der Waals surface area contributed by atoms with Gasteiger partial charge in [-0.25, -0.2) is 4.98 Å². The van der Waals surface area contributed by atoms with Crippen LogP contribution in [0.4, 0.5) is 0 Å². The van der Waals surface area contributed by atoms with Gasteiger partial charge in [-0.15, -0.1) is 0 Å². The third-order valence-electron chi connectivity index (χ3n) is 11.1. The third-order valence-corrected chi connectivity index (χ3v) is 11.1. The Bertz CT molecular complexity index is 2840. The molecule has 0 spiro atoms. The summed E-state index contributed by atoms with van der Waals surface area (Å²) >= 11 is 0. The average Bonchev–Trinajstić information content (AvgIpc) is 3.66. The highest BCUT2D eigenvalue weighted by molar-refractivity contribution is 6.21. The van der Waals surface area contributed by atoms with E-state index in [0.717, 1.165) is 40.4 Å². The van der Waals surface area contributed by atoms with E-state index in [2.05, 4.69) is 212 Å². The molecule has 2 heteroatoms. The van der Waals surface area contributed by atoms with E-state index < -0.39 is 0 Å². The van der Waals surface area contributed by atoms with E-state index >= 15 is 0 Å². The summed E-state index contributed by atoms with van der Waals surface area (Å²) in [5, 5.41) is 7.51. The summed E-state index contributed by atoms with van der Waals surface area (Å²) in [5.74, 6) is 1.03. The molecule has 10 rings (SSSR count). The van der Waals surface area contributed by atoms with Crippen molar-refractivity contribution in [2.75, 3.05) is 0 Å². The summed E-state index contributed by atoms with van der Waals surface area (Å²) in [6, 6.07) is 63.8. The number of fused-ring (bicyclic) bond motifs is 3. The summed E-state index contributed by atoms with van der Waals surface area (Å²) in [6.07, 6.45) is 9.74. The van der Waals surface area contributed by atoms with Gasteiger partial charge in [0.2, 0.25) is 0 Å². The van der Waals surface area contributed by atoms with Crippen molar-refractivity contribution in [1.82, 2.24) is 9.55 Å². The van der Waals surface area contributed by atoms with Crippen LogP contribution in [0.1, 0.15) is 19.2 Å². The molecule has 0 saturated heterocycles. The quantitative estimate of drug-likeness (QED) is 0.159. The summed E-state index contributed by atoms with van der Waals surface area (Å²) in [6.45, 7) is 2.30. The van der Waals surface area contributed by atoms with Gasteiger partial charge in [-0.3, -0.25) is 4.57 Å². The molecule has 0 saturated carbocycles. The van der Waals surface area contributed by atoms with E-state index in [-0.39, 0.29) is 5.41 Å². The van der Waals surface area contributed by atoms with Crippen molar-refractivity contribution in [1.29, 1.82) is 0 Å². The number of allylic oxidation sites excluding steroid dienone is 4. The van der Waals surface area contributed by atoms with Crippen molar-refractivity contribution in [3.05, 3.63) is 206 Å². The molecule has 9 aromatic rings. The van der Waals surface area contributed by atoms with Gasteiger partial charge in [0, 0.05) is 22.2 Å². The lowest BCUT2D eigenvalue weighted by atomic mass is 9.82. The predicted molar refractivity (Wildman–Crippen MR) is 228 cm³/mol. The minimum Gasteiger partial charge on any atom is -0.295 e. The monoisotopic (exact) mass is 690 g/mol. The van der Waals surface area contributed by atoms with Gasteiger partial charge >= 0.3 is 0 Å². The molecule has 1 aliphatic carbocycles. The van der Waals surface area contributed by atoms with Gasteiger partial charge in [0.15, 0.2) is 0 Å². The van der Waals surface area contributed by atoms with E-state index in [9.17, 15) is 0 Å². The second kappa shape index (κ2) is 13.0. The number of nitrogens with zero attached hydrogens (tertiary/aromatic N) is 2. The lowest BCUT2D eigenvalue weighted by molar-refractivity contribution is 0.548. The molecule has 0 fully saturated rings. The van der Waals surface area contributed by atoms with Crippen LogP contribution in [0, 0.1) is 0 Å². The predicted octanol–water partition coefficient (Wildman–Crippen LogP) is 13.8. The first kappa shape index (κ1) is 31.9. The Morgan fingerprint density at radius 2 is 1.02 bits per heavy atom. The maximum atomic E-state index is 5.53. The Balaban J connectivity index is 1.19. The molecular formula is C52H38N2. The van der Waals surface area contributed by atoms with Crippen LogP contribution in [-0.2, 0) is 5.41 Å². The molecule has 1 aliphatic rings. The smallest absolute Gasteiger partial charge is 0.124 e. The van der Waals surface area contributed by atoms with Crippen molar-refractivity contribution in [2.45, 2.75) is 18.8 Å². The fourth-order valence-corrected chi connectivity index (χ4v) is 8.48. The minimum atomic E-state index is -0.283. The second-order valence-corrected chi connectivity index (χ2v) is 14.6. The van der Waals surface area contributed by atoms with Crippen LogP contribution in [-0.4, -0.2) is 9.55 Å². The first-order valence-electron chi connectivity index (χ1n) is 18.8. The Labute approximate surface area is 316 Å². The molecular weight excluding hydrogens is 653 g/mol. The summed E-state index contributed by atoms with van der Waals surface area (Å²) < 4.78 is 2.41. The lowest BCUT2D eigenvalue weighted by Crippen LogP contribution is -2.24. The van der Waals surface area contributed by atoms with E-state index in [4.69, 9.17) is 4.98 Å². The van der Waals surface area contributed by atoms with Gasteiger partial charge in [0.1, 0.15) is 5.82 Å². The van der Waals surface area contributed by atoms with Crippen LogP contribution in [0.5, 0.6) is 0 Å². The van der Waals surface area contributed by atoms with E-state index in [1.165, 1.54) is 54.6 Å². The summed E-state index contributed by atoms with van der Waals surface area (Å²) in [7, 11) is 0. The zero-order valence-electron chi connectivity index (χ0n) is 30.2. The van der Waals surface area contributed by atoms with Crippen LogP contribution in [0.25, 0.3) is 82.8 Å². The second-order valence-electron chi connectivity index (χ2n) is 14.6. The Kier molecular flexibility index (Phi) is 7.70. The van der Waals surface area contributed by atoms with Crippen molar-refractivity contribution in [2.24, 2.45) is 0 Å². The Morgan fingerprint density at radius 3 is 1.63 bits per heavy atom.